The maximum atomic E-state index is 12.8. The van der Waals surface area contributed by atoms with Gasteiger partial charge in [0.15, 0.2) is 6.10 Å². The number of carbonyl (C=O) groups excluding carboxylic acids is 1. The summed E-state index contributed by atoms with van der Waals surface area (Å²) < 4.78 is 18.3. The Morgan fingerprint density at radius 2 is 1.83 bits per heavy atom. The molecule has 0 saturated carbocycles. The summed E-state index contributed by atoms with van der Waals surface area (Å²) in [6.07, 6.45) is -0.621. The van der Waals surface area contributed by atoms with Gasteiger partial charge >= 0.3 is 0 Å². The van der Waals surface area contributed by atoms with Crippen molar-refractivity contribution in [1.29, 1.82) is 0 Å². The molecular formula is C18H20FNO2S. The lowest BCUT2D eigenvalue weighted by Gasteiger charge is -2.14. The van der Waals surface area contributed by atoms with Gasteiger partial charge in [0.1, 0.15) is 11.6 Å². The highest BCUT2D eigenvalue weighted by molar-refractivity contribution is 7.99. The van der Waals surface area contributed by atoms with Crippen molar-refractivity contribution < 1.29 is 13.9 Å². The Balaban J connectivity index is 1.69. The van der Waals surface area contributed by atoms with Crippen LogP contribution in [0.5, 0.6) is 5.75 Å². The first-order valence-electron chi connectivity index (χ1n) is 7.44. The second-order valence-electron chi connectivity index (χ2n) is 5.17. The number of halogens is 1. The smallest absolute Gasteiger partial charge is 0.260 e. The van der Waals surface area contributed by atoms with Gasteiger partial charge < -0.3 is 10.1 Å². The second-order valence-corrected chi connectivity index (χ2v) is 6.33. The molecule has 0 heterocycles. The molecule has 0 spiro atoms. The van der Waals surface area contributed by atoms with E-state index in [0.29, 0.717) is 12.3 Å². The zero-order chi connectivity index (χ0) is 16.7. The van der Waals surface area contributed by atoms with E-state index in [1.54, 1.807) is 18.7 Å². The van der Waals surface area contributed by atoms with Crippen molar-refractivity contribution in [1.82, 2.24) is 5.32 Å². The monoisotopic (exact) mass is 333 g/mol. The van der Waals surface area contributed by atoms with Gasteiger partial charge in [0.05, 0.1) is 0 Å². The summed E-state index contributed by atoms with van der Waals surface area (Å²) in [6.45, 7) is 4.29. The molecule has 0 bridgehead atoms. The van der Waals surface area contributed by atoms with Gasteiger partial charge in [-0.3, -0.25) is 4.79 Å². The first-order valence-corrected chi connectivity index (χ1v) is 8.42. The lowest BCUT2D eigenvalue weighted by Crippen LogP contribution is -2.37. The van der Waals surface area contributed by atoms with Gasteiger partial charge in [-0.25, -0.2) is 4.39 Å². The number of ether oxygens (including phenoxy) is 1. The lowest BCUT2D eigenvalue weighted by atomic mass is 10.2. The highest BCUT2D eigenvalue weighted by Gasteiger charge is 2.13. The first-order chi connectivity index (χ1) is 11.0. The molecule has 122 valence electrons. The van der Waals surface area contributed by atoms with Crippen LogP contribution < -0.4 is 10.1 Å². The van der Waals surface area contributed by atoms with Gasteiger partial charge in [0, 0.05) is 17.2 Å². The van der Waals surface area contributed by atoms with Crippen LogP contribution in [0.15, 0.2) is 53.4 Å². The molecule has 1 amide bonds. The van der Waals surface area contributed by atoms with Crippen LogP contribution in [0.2, 0.25) is 0 Å². The van der Waals surface area contributed by atoms with E-state index in [4.69, 9.17) is 4.74 Å². The second kappa shape index (κ2) is 8.58. The number of carbonyl (C=O) groups is 1. The number of nitrogens with one attached hydrogen (secondary N) is 1. The van der Waals surface area contributed by atoms with E-state index < -0.39 is 6.10 Å². The minimum absolute atomic E-state index is 0.182. The predicted octanol–water partition coefficient (Wildman–Crippen LogP) is 3.81. The molecule has 3 nitrogen and oxygen atoms in total. The van der Waals surface area contributed by atoms with Crippen LogP contribution in [0.3, 0.4) is 0 Å². The third-order valence-corrected chi connectivity index (χ3v) is 4.20. The van der Waals surface area contributed by atoms with Crippen LogP contribution in [0, 0.1) is 12.7 Å². The number of rotatable bonds is 7. The standard InChI is InChI=1S/C18H20FNO2S/c1-13-3-9-17(10-4-13)23-12-11-20-18(21)14(2)22-16-7-5-15(19)6-8-16/h3-10,14H,11-12H2,1-2H3,(H,20,21)/t14-/m1/s1. The molecule has 0 fully saturated rings. The number of hydrogen-bond acceptors (Lipinski definition) is 3. The van der Waals surface area contributed by atoms with E-state index in [1.165, 1.54) is 34.7 Å². The molecule has 0 aromatic heterocycles. The van der Waals surface area contributed by atoms with Crippen LogP contribution in [-0.4, -0.2) is 24.3 Å². The maximum Gasteiger partial charge on any atom is 0.260 e. The van der Waals surface area contributed by atoms with E-state index in [-0.39, 0.29) is 11.7 Å². The third kappa shape index (κ3) is 5.94. The fraction of sp³-hybridized carbons (Fsp3) is 0.278. The molecule has 2 rings (SSSR count). The Bertz CT molecular complexity index is 628. The van der Waals surface area contributed by atoms with Crippen molar-refractivity contribution in [3.8, 4) is 5.75 Å². The minimum atomic E-state index is -0.621. The van der Waals surface area contributed by atoms with Crippen LogP contribution in [0.1, 0.15) is 12.5 Å². The molecule has 2 aromatic rings. The first kappa shape index (κ1) is 17.3. The molecule has 1 atom stereocenters. The van der Waals surface area contributed by atoms with E-state index in [0.717, 1.165) is 5.75 Å². The predicted molar refractivity (Wildman–Crippen MR) is 91.4 cm³/mol. The van der Waals surface area contributed by atoms with Crippen LogP contribution in [0.25, 0.3) is 0 Å². The van der Waals surface area contributed by atoms with Gasteiger partial charge in [-0.2, -0.15) is 0 Å². The molecule has 0 unspecified atom stereocenters. The molecular weight excluding hydrogens is 313 g/mol. The molecule has 1 N–H and O–H groups in total. The molecule has 0 radical (unpaired) electrons. The SMILES string of the molecule is Cc1ccc(SCCNC(=O)[C@@H](C)Oc2ccc(F)cc2)cc1. The number of thioether (sulfide) groups is 1. The highest BCUT2D eigenvalue weighted by atomic mass is 32.2. The fourth-order valence-electron chi connectivity index (χ4n) is 1.89. The molecule has 23 heavy (non-hydrogen) atoms. The van der Waals surface area contributed by atoms with Crippen molar-refractivity contribution in [2.24, 2.45) is 0 Å². The van der Waals surface area contributed by atoms with Crippen molar-refractivity contribution in [3.05, 3.63) is 59.9 Å². The Hall–Kier alpha value is -2.01. The maximum absolute atomic E-state index is 12.8. The molecule has 0 aliphatic rings. The van der Waals surface area contributed by atoms with Gasteiger partial charge in [-0.1, -0.05) is 17.7 Å². The lowest BCUT2D eigenvalue weighted by molar-refractivity contribution is -0.127. The third-order valence-electron chi connectivity index (χ3n) is 3.19. The normalized spacial score (nSPS) is 11.8. The van der Waals surface area contributed by atoms with Crippen molar-refractivity contribution in [2.45, 2.75) is 24.8 Å². The Labute approximate surface area is 140 Å². The molecule has 0 saturated heterocycles. The topological polar surface area (TPSA) is 38.3 Å². The van der Waals surface area contributed by atoms with E-state index >= 15 is 0 Å². The summed E-state index contributed by atoms with van der Waals surface area (Å²) in [6, 6.07) is 13.9. The van der Waals surface area contributed by atoms with E-state index in [1.807, 2.05) is 0 Å². The zero-order valence-electron chi connectivity index (χ0n) is 13.2. The van der Waals surface area contributed by atoms with Gasteiger partial charge in [0.25, 0.3) is 5.91 Å². The zero-order valence-corrected chi connectivity index (χ0v) is 14.0. The average Bonchev–Trinajstić information content (AvgIpc) is 2.55. The summed E-state index contributed by atoms with van der Waals surface area (Å²) in [5.74, 6) is 0.752. The van der Waals surface area contributed by atoms with E-state index in [9.17, 15) is 9.18 Å². The number of hydrogen-bond donors (Lipinski definition) is 1. The van der Waals surface area contributed by atoms with Gasteiger partial charge in [-0.15, -0.1) is 11.8 Å². The molecule has 2 aromatic carbocycles. The number of aryl methyl sites for hydroxylation is 1. The van der Waals surface area contributed by atoms with Crippen LogP contribution in [0.4, 0.5) is 4.39 Å². The Kier molecular flexibility index (Phi) is 6.47. The fourth-order valence-corrected chi connectivity index (χ4v) is 2.66. The summed E-state index contributed by atoms with van der Waals surface area (Å²) >= 11 is 1.69. The van der Waals surface area contributed by atoms with Crippen molar-refractivity contribution in [2.75, 3.05) is 12.3 Å². The van der Waals surface area contributed by atoms with Gasteiger partial charge in [0.2, 0.25) is 0 Å². The quantitative estimate of drug-likeness (QED) is 0.618. The Morgan fingerprint density at radius 3 is 2.48 bits per heavy atom. The largest absolute Gasteiger partial charge is 0.481 e. The highest BCUT2D eigenvalue weighted by Crippen LogP contribution is 2.17. The summed E-state index contributed by atoms with van der Waals surface area (Å²) in [7, 11) is 0. The summed E-state index contributed by atoms with van der Waals surface area (Å²) in [5, 5.41) is 2.84. The molecule has 0 aliphatic heterocycles. The van der Waals surface area contributed by atoms with Crippen molar-refractivity contribution >= 4 is 17.7 Å². The van der Waals surface area contributed by atoms with Crippen LogP contribution in [-0.2, 0) is 4.79 Å². The summed E-state index contributed by atoms with van der Waals surface area (Å²) in [5.41, 5.74) is 1.23. The average molecular weight is 333 g/mol. The van der Waals surface area contributed by atoms with Gasteiger partial charge in [-0.05, 0) is 50.2 Å². The summed E-state index contributed by atoms with van der Waals surface area (Å²) in [4.78, 5) is 13.1. The molecule has 5 heteroatoms. The molecule has 0 aliphatic carbocycles. The van der Waals surface area contributed by atoms with Crippen molar-refractivity contribution in [3.63, 3.8) is 0 Å². The van der Waals surface area contributed by atoms with E-state index in [2.05, 4.69) is 36.5 Å². The number of amides is 1. The Morgan fingerprint density at radius 1 is 1.17 bits per heavy atom. The van der Waals surface area contributed by atoms with Crippen LogP contribution >= 0.6 is 11.8 Å². The minimum Gasteiger partial charge on any atom is -0.481 e. The number of benzene rings is 2.